The Morgan fingerprint density at radius 1 is 1.32 bits per heavy atom. The quantitative estimate of drug-likeness (QED) is 0.494. The topological polar surface area (TPSA) is 97.5 Å². The molecule has 0 radical (unpaired) electrons. The van der Waals surface area contributed by atoms with Gasteiger partial charge in [-0.3, -0.25) is 14.5 Å². The Kier molecular flexibility index (Phi) is 8.60. The van der Waals surface area contributed by atoms with Gasteiger partial charge >= 0.3 is 0 Å². The van der Waals surface area contributed by atoms with Crippen LogP contribution in [0.5, 0.6) is 5.75 Å². The smallest absolute Gasteiger partial charge is 0.203 e. The SMILES string of the molecule is C=C/C(=C\C(=C/C)c1ncc(OCC2(F)CCNCC2)cn1)Cc1nn(C2C=NN(CC)C2)ccc1=O. The molecule has 0 spiro atoms. The van der Waals surface area contributed by atoms with E-state index in [2.05, 4.69) is 32.1 Å². The summed E-state index contributed by atoms with van der Waals surface area (Å²) in [6.45, 7) is 10.7. The van der Waals surface area contributed by atoms with Crippen LogP contribution in [-0.2, 0) is 6.42 Å². The van der Waals surface area contributed by atoms with Crippen LogP contribution >= 0.6 is 0 Å². The van der Waals surface area contributed by atoms with E-state index < -0.39 is 5.67 Å². The molecule has 9 nitrogen and oxygen atoms in total. The van der Waals surface area contributed by atoms with Crippen LogP contribution < -0.4 is 15.5 Å². The van der Waals surface area contributed by atoms with Gasteiger partial charge in [0.15, 0.2) is 11.6 Å². The number of piperidine rings is 1. The van der Waals surface area contributed by atoms with E-state index in [0.29, 0.717) is 49.6 Å². The van der Waals surface area contributed by atoms with Crippen LogP contribution in [0, 0.1) is 0 Å². The van der Waals surface area contributed by atoms with E-state index in [-0.39, 0.29) is 18.1 Å². The number of hydrogen-bond donors (Lipinski definition) is 1. The zero-order chi connectivity index (χ0) is 26.3. The van der Waals surface area contributed by atoms with E-state index in [1.165, 1.54) is 6.07 Å². The highest BCUT2D eigenvalue weighted by Crippen LogP contribution is 2.25. The number of nitrogens with zero attached hydrogens (tertiary/aromatic N) is 6. The third kappa shape index (κ3) is 6.76. The summed E-state index contributed by atoms with van der Waals surface area (Å²) < 4.78 is 22.2. The number of allylic oxidation sites excluding steroid dienone is 5. The lowest BCUT2D eigenvalue weighted by Crippen LogP contribution is -2.42. The molecule has 1 fully saturated rings. The first-order valence-electron chi connectivity index (χ1n) is 12.6. The lowest BCUT2D eigenvalue weighted by atomic mass is 9.96. The predicted molar refractivity (Wildman–Crippen MR) is 142 cm³/mol. The summed E-state index contributed by atoms with van der Waals surface area (Å²) in [6, 6.07) is 1.52. The van der Waals surface area contributed by atoms with Gasteiger partial charge in [-0.1, -0.05) is 18.7 Å². The number of ether oxygens (including phenoxy) is 1. The van der Waals surface area contributed by atoms with Gasteiger partial charge in [-0.2, -0.15) is 10.2 Å². The van der Waals surface area contributed by atoms with Crippen molar-refractivity contribution in [2.75, 3.05) is 32.8 Å². The Hall–Kier alpha value is -3.66. The maximum absolute atomic E-state index is 14.8. The van der Waals surface area contributed by atoms with Gasteiger partial charge in [-0.05, 0) is 51.4 Å². The summed E-state index contributed by atoms with van der Waals surface area (Å²) in [7, 11) is 0. The molecule has 1 unspecified atom stereocenters. The molecule has 2 aromatic rings. The van der Waals surface area contributed by atoms with Gasteiger partial charge in [0.05, 0.1) is 25.2 Å². The van der Waals surface area contributed by atoms with Gasteiger partial charge in [0.25, 0.3) is 0 Å². The molecule has 1 atom stereocenters. The van der Waals surface area contributed by atoms with Crippen LogP contribution in [0.1, 0.15) is 44.2 Å². The molecule has 1 N–H and O–H groups in total. The number of rotatable bonds is 10. The monoisotopic (exact) mass is 507 g/mol. The Morgan fingerprint density at radius 2 is 2.08 bits per heavy atom. The number of likely N-dealkylation sites (N-methyl/N-ethyl adjacent to an activating group) is 1. The van der Waals surface area contributed by atoms with Crippen molar-refractivity contribution in [1.82, 2.24) is 30.1 Å². The average Bonchev–Trinajstić information content (AvgIpc) is 3.41. The first-order valence-corrected chi connectivity index (χ1v) is 12.6. The first kappa shape index (κ1) is 26.4. The van der Waals surface area contributed by atoms with E-state index in [1.807, 2.05) is 37.2 Å². The Balaban J connectivity index is 1.44. The molecule has 4 rings (SSSR count). The summed E-state index contributed by atoms with van der Waals surface area (Å²) in [5.41, 5.74) is 0.532. The van der Waals surface area contributed by atoms with Gasteiger partial charge in [0.1, 0.15) is 24.0 Å². The number of hydrazone groups is 1. The average molecular weight is 508 g/mol. The minimum Gasteiger partial charge on any atom is -0.487 e. The van der Waals surface area contributed by atoms with Crippen molar-refractivity contribution < 1.29 is 9.13 Å². The second kappa shape index (κ2) is 12.1. The lowest BCUT2D eigenvalue weighted by Gasteiger charge is -2.29. The molecule has 37 heavy (non-hydrogen) atoms. The Morgan fingerprint density at radius 3 is 2.73 bits per heavy atom. The van der Waals surface area contributed by atoms with Gasteiger partial charge in [0, 0.05) is 30.8 Å². The second-order valence-electron chi connectivity index (χ2n) is 9.22. The van der Waals surface area contributed by atoms with Crippen molar-refractivity contribution in [2.24, 2.45) is 5.10 Å². The minimum atomic E-state index is -1.33. The van der Waals surface area contributed by atoms with E-state index in [0.717, 1.165) is 24.2 Å². The molecule has 0 aromatic carbocycles. The van der Waals surface area contributed by atoms with Gasteiger partial charge < -0.3 is 10.1 Å². The second-order valence-corrected chi connectivity index (χ2v) is 9.22. The fourth-order valence-corrected chi connectivity index (χ4v) is 4.24. The molecule has 4 heterocycles. The molecule has 2 aromatic heterocycles. The van der Waals surface area contributed by atoms with Crippen LogP contribution in [0.25, 0.3) is 5.57 Å². The first-order chi connectivity index (χ1) is 17.9. The van der Waals surface area contributed by atoms with E-state index in [1.54, 1.807) is 29.3 Å². The van der Waals surface area contributed by atoms with Crippen molar-refractivity contribution >= 4 is 11.8 Å². The Labute approximate surface area is 216 Å². The number of alkyl halides is 1. The molecule has 2 aliphatic heterocycles. The molecule has 0 aliphatic carbocycles. The Bertz CT molecular complexity index is 1230. The molecular weight excluding hydrogens is 473 g/mol. The normalized spacial score (nSPS) is 19.8. The molecule has 2 aliphatic rings. The van der Waals surface area contributed by atoms with Crippen LogP contribution in [0.2, 0.25) is 0 Å². The van der Waals surface area contributed by atoms with E-state index >= 15 is 0 Å². The van der Waals surface area contributed by atoms with E-state index in [9.17, 15) is 9.18 Å². The highest BCUT2D eigenvalue weighted by molar-refractivity contribution is 5.70. The molecule has 0 amide bonds. The fraction of sp³-hybridized carbons (Fsp3) is 0.444. The maximum atomic E-state index is 14.8. The van der Waals surface area contributed by atoms with Crippen molar-refractivity contribution in [1.29, 1.82) is 0 Å². The maximum Gasteiger partial charge on any atom is 0.203 e. The zero-order valence-electron chi connectivity index (χ0n) is 21.4. The molecule has 10 heteroatoms. The summed E-state index contributed by atoms with van der Waals surface area (Å²) in [5.74, 6) is 0.917. The van der Waals surface area contributed by atoms with Crippen molar-refractivity contribution in [3.8, 4) is 5.75 Å². The summed E-state index contributed by atoms with van der Waals surface area (Å²) in [5, 5.41) is 14.1. The van der Waals surface area contributed by atoms with Gasteiger partial charge in [-0.25, -0.2) is 14.4 Å². The molecule has 0 saturated carbocycles. The van der Waals surface area contributed by atoms with Crippen LogP contribution in [-0.4, -0.2) is 69.4 Å². The molecule has 0 bridgehead atoms. The summed E-state index contributed by atoms with van der Waals surface area (Å²) in [6.07, 6.45) is 13.3. The molecule has 196 valence electrons. The third-order valence-electron chi connectivity index (χ3n) is 6.57. The predicted octanol–water partition coefficient (Wildman–Crippen LogP) is 3.12. The number of hydrogen-bond acceptors (Lipinski definition) is 8. The molecular formula is C27H34FN7O2. The third-order valence-corrected chi connectivity index (χ3v) is 6.57. The number of nitrogens with one attached hydrogen (secondary N) is 1. The van der Waals surface area contributed by atoms with Gasteiger partial charge in [-0.15, -0.1) is 0 Å². The standard InChI is InChI=1S/C27H34FN7O2/c1-4-20(14-24-25(36)7-12-35(33-24)22-15-32-34(6-3)18-22)13-21(5-2)26-30-16-23(17-31-26)37-19-27(28)8-10-29-11-9-27/h4-5,7,12-13,15-17,22,29H,1,6,8-11,14,18-19H2,2-3H3/b20-13+,21-5+. The summed E-state index contributed by atoms with van der Waals surface area (Å²) >= 11 is 0. The highest BCUT2D eigenvalue weighted by Gasteiger charge is 2.32. The van der Waals surface area contributed by atoms with Crippen LogP contribution in [0.4, 0.5) is 4.39 Å². The van der Waals surface area contributed by atoms with Crippen molar-refractivity contribution in [3.63, 3.8) is 0 Å². The summed E-state index contributed by atoms with van der Waals surface area (Å²) in [4.78, 5) is 21.4. The van der Waals surface area contributed by atoms with Crippen LogP contribution in [0.15, 0.2) is 64.9 Å². The van der Waals surface area contributed by atoms with Crippen molar-refractivity contribution in [2.45, 2.75) is 44.8 Å². The fourth-order valence-electron chi connectivity index (χ4n) is 4.24. The number of halogens is 1. The number of aromatic nitrogens is 4. The molecule has 1 saturated heterocycles. The highest BCUT2D eigenvalue weighted by atomic mass is 19.1. The van der Waals surface area contributed by atoms with E-state index in [4.69, 9.17) is 4.74 Å². The van der Waals surface area contributed by atoms with Crippen LogP contribution in [0.3, 0.4) is 0 Å². The lowest BCUT2D eigenvalue weighted by molar-refractivity contribution is 0.0536. The minimum absolute atomic E-state index is 0.0147. The van der Waals surface area contributed by atoms with Crippen molar-refractivity contribution in [3.05, 3.63) is 76.8 Å². The largest absolute Gasteiger partial charge is 0.487 e. The van der Waals surface area contributed by atoms with Gasteiger partial charge in [0.2, 0.25) is 5.43 Å². The zero-order valence-corrected chi connectivity index (χ0v) is 21.4.